The first-order valence-corrected chi connectivity index (χ1v) is 9.39. The van der Waals surface area contributed by atoms with E-state index in [1.54, 1.807) is 18.2 Å². The maximum absolute atomic E-state index is 12.2. The number of hydrogen-bond donors (Lipinski definition) is 1. The molecule has 1 aliphatic heterocycles. The van der Waals surface area contributed by atoms with Crippen LogP contribution < -0.4 is 14.8 Å². The van der Waals surface area contributed by atoms with Gasteiger partial charge in [0.15, 0.2) is 11.5 Å². The van der Waals surface area contributed by atoms with E-state index < -0.39 is 0 Å². The topological polar surface area (TPSA) is 84.5 Å². The van der Waals surface area contributed by atoms with E-state index in [0.29, 0.717) is 22.7 Å². The number of carbonyl (C=O) groups is 1. The molecule has 1 aliphatic rings. The van der Waals surface area contributed by atoms with Crippen LogP contribution in [0.3, 0.4) is 0 Å². The maximum atomic E-state index is 12.2. The molecule has 0 bridgehead atoms. The van der Waals surface area contributed by atoms with Gasteiger partial charge in [0.2, 0.25) is 12.7 Å². The maximum Gasteiger partial charge on any atom is 0.249 e. The predicted molar refractivity (Wildman–Crippen MR) is 106 cm³/mol. The normalized spacial score (nSPS) is 12.3. The molecule has 0 saturated carbocycles. The third-order valence-corrected chi connectivity index (χ3v) is 5.55. The van der Waals surface area contributed by atoms with Gasteiger partial charge in [-0.3, -0.25) is 4.79 Å². The minimum atomic E-state index is -0.316. The molecule has 0 spiro atoms. The first kappa shape index (κ1) is 17.9. The van der Waals surface area contributed by atoms with E-state index in [4.69, 9.17) is 13.9 Å². The SMILES string of the molecule is Cc1c(Cc2ccc3c(c2)OCO3)sc(NC(=O)/C=C/c2ccco2)c1C#N. The second kappa shape index (κ2) is 7.62. The van der Waals surface area contributed by atoms with Crippen molar-refractivity contribution in [3.63, 3.8) is 0 Å². The Balaban J connectivity index is 1.53. The minimum absolute atomic E-state index is 0.233. The van der Waals surface area contributed by atoms with E-state index >= 15 is 0 Å². The second-order valence-corrected chi connectivity index (χ2v) is 7.27. The highest BCUT2D eigenvalue weighted by Gasteiger charge is 2.18. The number of amides is 1. The molecule has 140 valence electrons. The van der Waals surface area contributed by atoms with E-state index in [9.17, 15) is 10.1 Å². The number of nitrogens with one attached hydrogen (secondary N) is 1. The molecule has 1 N–H and O–H groups in total. The average molecular weight is 392 g/mol. The minimum Gasteiger partial charge on any atom is -0.465 e. The van der Waals surface area contributed by atoms with E-state index in [1.165, 1.54) is 23.7 Å². The quantitative estimate of drug-likeness (QED) is 0.647. The number of rotatable bonds is 5. The van der Waals surface area contributed by atoms with Gasteiger partial charge in [-0.2, -0.15) is 5.26 Å². The lowest BCUT2D eigenvalue weighted by Crippen LogP contribution is -2.07. The fourth-order valence-corrected chi connectivity index (χ4v) is 4.08. The Kier molecular flexibility index (Phi) is 4.87. The van der Waals surface area contributed by atoms with Crippen molar-refractivity contribution in [2.45, 2.75) is 13.3 Å². The first-order chi connectivity index (χ1) is 13.6. The molecule has 3 aromatic rings. The number of benzene rings is 1. The Hall–Kier alpha value is -3.50. The van der Waals surface area contributed by atoms with E-state index in [2.05, 4.69) is 11.4 Å². The van der Waals surface area contributed by atoms with E-state index in [0.717, 1.165) is 27.5 Å². The number of hydrogen-bond acceptors (Lipinski definition) is 6. The Labute approximate surface area is 165 Å². The van der Waals surface area contributed by atoms with Crippen LogP contribution in [0.5, 0.6) is 11.5 Å². The number of anilines is 1. The Morgan fingerprint density at radius 2 is 2.18 bits per heavy atom. The summed E-state index contributed by atoms with van der Waals surface area (Å²) in [7, 11) is 0. The van der Waals surface area contributed by atoms with Gasteiger partial charge in [-0.25, -0.2) is 0 Å². The molecule has 1 aromatic carbocycles. The largest absolute Gasteiger partial charge is 0.465 e. The van der Waals surface area contributed by atoms with Crippen molar-refractivity contribution in [1.29, 1.82) is 5.26 Å². The highest BCUT2D eigenvalue weighted by Crippen LogP contribution is 2.37. The molecule has 6 nitrogen and oxygen atoms in total. The van der Waals surface area contributed by atoms with Crippen LogP contribution in [-0.4, -0.2) is 12.7 Å². The van der Waals surface area contributed by atoms with Gasteiger partial charge in [0.25, 0.3) is 0 Å². The fraction of sp³-hybridized carbons (Fsp3) is 0.143. The highest BCUT2D eigenvalue weighted by molar-refractivity contribution is 7.16. The number of fused-ring (bicyclic) bond motifs is 1. The smallest absolute Gasteiger partial charge is 0.249 e. The molecular weight excluding hydrogens is 376 g/mol. The van der Waals surface area contributed by atoms with Gasteiger partial charge >= 0.3 is 0 Å². The summed E-state index contributed by atoms with van der Waals surface area (Å²) in [6.07, 6.45) is 5.14. The molecule has 0 fully saturated rings. The molecule has 2 aromatic heterocycles. The lowest BCUT2D eigenvalue weighted by Gasteiger charge is -2.02. The number of nitriles is 1. The van der Waals surface area contributed by atoms with Gasteiger partial charge in [-0.1, -0.05) is 6.07 Å². The summed E-state index contributed by atoms with van der Waals surface area (Å²) in [6, 6.07) is 11.5. The summed E-state index contributed by atoms with van der Waals surface area (Å²) in [5.74, 6) is 1.73. The molecule has 0 radical (unpaired) electrons. The molecule has 0 aliphatic carbocycles. The van der Waals surface area contributed by atoms with Crippen molar-refractivity contribution in [2.24, 2.45) is 0 Å². The Morgan fingerprint density at radius 3 is 2.96 bits per heavy atom. The number of ether oxygens (including phenoxy) is 2. The summed E-state index contributed by atoms with van der Waals surface area (Å²) in [4.78, 5) is 13.2. The number of thiophene rings is 1. The van der Waals surface area contributed by atoms with Crippen LogP contribution in [0.25, 0.3) is 6.08 Å². The standard InChI is InChI=1S/C21H16N2O4S/c1-13-16(11-22)21(23-20(24)7-5-15-3-2-8-25-15)28-19(13)10-14-4-6-17-18(9-14)27-12-26-17/h2-9H,10,12H2,1H3,(H,23,24)/b7-5+. The van der Waals surface area contributed by atoms with Gasteiger partial charge in [-0.15, -0.1) is 11.3 Å². The van der Waals surface area contributed by atoms with Crippen LogP contribution in [0.2, 0.25) is 0 Å². The number of carbonyl (C=O) groups excluding carboxylic acids is 1. The Morgan fingerprint density at radius 1 is 1.32 bits per heavy atom. The third kappa shape index (κ3) is 3.63. The van der Waals surface area contributed by atoms with Crippen LogP contribution in [-0.2, 0) is 11.2 Å². The molecule has 0 unspecified atom stereocenters. The molecule has 3 heterocycles. The zero-order chi connectivity index (χ0) is 19.5. The molecule has 28 heavy (non-hydrogen) atoms. The third-order valence-electron chi connectivity index (χ3n) is 4.34. The van der Waals surface area contributed by atoms with Crippen molar-refractivity contribution in [2.75, 3.05) is 12.1 Å². The monoisotopic (exact) mass is 392 g/mol. The highest BCUT2D eigenvalue weighted by atomic mass is 32.1. The van der Waals surface area contributed by atoms with Crippen molar-refractivity contribution < 1.29 is 18.7 Å². The Bertz CT molecular complexity index is 1090. The molecule has 7 heteroatoms. The van der Waals surface area contributed by atoms with Crippen LogP contribution in [0.4, 0.5) is 5.00 Å². The zero-order valence-corrected chi connectivity index (χ0v) is 15.8. The van der Waals surface area contributed by atoms with Gasteiger partial charge in [-0.05, 0) is 48.4 Å². The molecule has 4 rings (SSSR count). The fourth-order valence-electron chi connectivity index (χ4n) is 2.89. The first-order valence-electron chi connectivity index (χ1n) is 8.57. The van der Waals surface area contributed by atoms with E-state index in [-0.39, 0.29) is 12.7 Å². The molecule has 0 atom stereocenters. The summed E-state index contributed by atoms with van der Waals surface area (Å²) in [5, 5.41) is 12.9. The molecule has 0 saturated heterocycles. The average Bonchev–Trinajstić information content (AvgIpc) is 3.41. The van der Waals surface area contributed by atoms with Gasteiger partial charge in [0, 0.05) is 17.4 Å². The van der Waals surface area contributed by atoms with Gasteiger partial charge in [0.05, 0.1) is 11.8 Å². The summed E-state index contributed by atoms with van der Waals surface area (Å²) in [5.41, 5.74) is 2.41. The molecule has 1 amide bonds. The lowest BCUT2D eigenvalue weighted by atomic mass is 10.1. The van der Waals surface area contributed by atoms with Crippen LogP contribution in [0.15, 0.2) is 47.1 Å². The van der Waals surface area contributed by atoms with Crippen molar-refractivity contribution in [3.8, 4) is 17.6 Å². The second-order valence-electron chi connectivity index (χ2n) is 6.17. The zero-order valence-electron chi connectivity index (χ0n) is 15.0. The number of furan rings is 1. The molecular formula is C21H16N2O4S. The number of nitrogens with zero attached hydrogens (tertiary/aromatic N) is 1. The van der Waals surface area contributed by atoms with Gasteiger partial charge < -0.3 is 19.2 Å². The van der Waals surface area contributed by atoms with Gasteiger partial charge in [0.1, 0.15) is 16.8 Å². The van der Waals surface area contributed by atoms with Crippen LogP contribution >= 0.6 is 11.3 Å². The van der Waals surface area contributed by atoms with Crippen molar-refractivity contribution >= 4 is 28.3 Å². The summed E-state index contributed by atoms with van der Waals surface area (Å²) < 4.78 is 15.9. The van der Waals surface area contributed by atoms with Crippen molar-refractivity contribution in [1.82, 2.24) is 0 Å². The summed E-state index contributed by atoms with van der Waals surface area (Å²) in [6.45, 7) is 2.13. The predicted octanol–water partition coefficient (Wildman–Crippen LogP) is 4.49. The van der Waals surface area contributed by atoms with Crippen molar-refractivity contribution in [3.05, 3.63) is 70.0 Å². The summed E-state index contributed by atoms with van der Waals surface area (Å²) >= 11 is 1.41. The van der Waals surface area contributed by atoms with Crippen LogP contribution in [0, 0.1) is 18.3 Å². The lowest BCUT2D eigenvalue weighted by molar-refractivity contribution is -0.111. The van der Waals surface area contributed by atoms with Crippen LogP contribution in [0.1, 0.15) is 27.3 Å². The van der Waals surface area contributed by atoms with E-state index in [1.807, 2.05) is 25.1 Å².